The predicted octanol–water partition coefficient (Wildman–Crippen LogP) is 2.46. The van der Waals surface area contributed by atoms with Gasteiger partial charge in [-0.25, -0.2) is 4.79 Å². The molecule has 6 heteroatoms. The van der Waals surface area contributed by atoms with Gasteiger partial charge in [-0.2, -0.15) is 5.10 Å². The van der Waals surface area contributed by atoms with E-state index in [0.29, 0.717) is 24.6 Å². The standard InChI is InChI=1S/C16H25N3O3/c1-4-12(5-2)19-11-8-13(18-19)14(20)17-16(15(21)22-3)9-6-7-10-16/h8,11-12H,4-7,9-10H2,1-3H3,(H,17,20). The third-order valence-electron chi connectivity index (χ3n) is 4.54. The minimum atomic E-state index is -0.884. The van der Waals surface area contributed by atoms with Crippen molar-refractivity contribution in [2.75, 3.05) is 7.11 Å². The Labute approximate surface area is 131 Å². The minimum Gasteiger partial charge on any atom is -0.467 e. The number of hydrogen-bond acceptors (Lipinski definition) is 4. The van der Waals surface area contributed by atoms with Crippen LogP contribution in [0.25, 0.3) is 0 Å². The molecule has 1 aliphatic rings. The van der Waals surface area contributed by atoms with Crippen LogP contribution in [-0.4, -0.2) is 34.3 Å². The van der Waals surface area contributed by atoms with Crippen LogP contribution in [0.4, 0.5) is 0 Å². The number of amides is 1. The van der Waals surface area contributed by atoms with Crippen molar-refractivity contribution in [1.82, 2.24) is 15.1 Å². The van der Waals surface area contributed by atoms with Crippen molar-refractivity contribution in [3.63, 3.8) is 0 Å². The molecular formula is C16H25N3O3. The highest BCUT2D eigenvalue weighted by Gasteiger charge is 2.44. The lowest BCUT2D eigenvalue weighted by atomic mass is 9.97. The molecule has 1 amide bonds. The number of esters is 1. The Morgan fingerprint density at radius 2 is 2.00 bits per heavy atom. The zero-order valence-corrected chi connectivity index (χ0v) is 13.6. The molecule has 2 rings (SSSR count). The first kappa shape index (κ1) is 16.5. The summed E-state index contributed by atoms with van der Waals surface area (Å²) in [5, 5.41) is 7.22. The Kier molecular flexibility index (Phi) is 5.21. The van der Waals surface area contributed by atoms with E-state index in [4.69, 9.17) is 4.74 Å². The predicted molar refractivity (Wildman–Crippen MR) is 82.5 cm³/mol. The van der Waals surface area contributed by atoms with Crippen molar-refractivity contribution in [3.8, 4) is 0 Å². The van der Waals surface area contributed by atoms with Crippen LogP contribution >= 0.6 is 0 Å². The van der Waals surface area contributed by atoms with E-state index >= 15 is 0 Å². The topological polar surface area (TPSA) is 73.2 Å². The third-order valence-corrected chi connectivity index (χ3v) is 4.54. The lowest BCUT2D eigenvalue weighted by Crippen LogP contribution is -2.53. The summed E-state index contributed by atoms with van der Waals surface area (Å²) in [5.41, 5.74) is -0.535. The number of aromatic nitrogens is 2. The SMILES string of the molecule is CCC(CC)n1ccc(C(=O)NC2(C(=O)OC)CCCC2)n1. The van der Waals surface area contributed by atoms with Gasteiger partial charge in [0.2, 0.25) is 0 Å². The molecule has 0 unspecified atom stereocenters. The van der Waals surface area contributed by atoms with Gasteiger partial charge in [0, 0.05) is 6.20 Å². The van der Waals surface area contributed by atoms with Gasteiger partial charge in [0.05, 0.1) is 13.2 Å². The van der Waals surface area contributed by atoms with Crippen LogP contribution in [-0.2, 0) is 9.53 Å². The lowest BCUT2D eigenvalue weighted by molar-refractivity contribution is -0.148. The molecule has 0 aliphatic heterocycles. The second kappa shape index (κ2) is 6.94. The van der Waals surface area contributed by atoms with Crippen molar-refractivity contribution in [3.05, 3.63) is 18.0 Å². The van der Waals surface area contributed by atoms with Crippen LogP contribution in [0.2, 0.25) is 0 Å². The fourth-order valence-corrected chi connectivity index (χ4v) is 3.16. The molecule has 6 nitrogen and oxygen atoms in total. The highest BCUT2D eigenvalue weighted by Crippen LogP contribution is 2.31. The largest absolute Gasteiger partial charge is 0.467 e. The molecule has 1 aliphatic carbocycles. The van der Waals surface area contributed by atoms with Gasteiger partial charge < -0.3 is 10.1 Å². The number of carbonyl (C=O) groups is 2. The maximum absolute atomic E-state index is 12.4. The molecule has 0 bridgehead atoms. The smallest absolute Gasteiger partial charge is 0.331 e. The van der Waals surface area contributed by atoms with Gasteiger partial charge in [0.1, 0.15) is 11.2 Å². The van der Waals surface area contributed by atoms with E-state index in [1.54, 1.807) is 6.07 Å². The zero-order valence-electron chi connectivity index (χ0n) is 13.6. The molecular weight excluding hydrogens is 282 g/mol. The van der Waals surface area contributed by atoms with Crippen LogP contribution < -0.4 is 5.32 Å². The first-order valence-corrected chi connectivity index (χ1v) is 8.02. The van der Waals surface area contributed by atoms with Gasteiger partial charge in [-0.05, 0) is 31.7 Å². The maximum Gasteiger partial charge on any atom is 0.331 e. The molecule has 0 spiro atoms. The van der Waals surface area contributed by atoms with E-state index < -0.39 is 5.54 Å². The van der Waals surface area contributed by atoms with E-state index in [1.807, 2.05) is 10.9 Å². The van der Waals surface area contributed by atoms with Crippen LogP contribution in [0.1, 0.15) is 68.9 Å². The molecule has 1 fully saturated rings. The second-order valence-corrected chi connectivity index (χ2v) is 5.89. The fraction of sp³-hybridized carbons (Fsp3) is 0.688. The van der Waals surface area contributed by atoms with Gasteiger partial charge in [-0.3, -0.25) is 9.48 Å². The van der Waals surface area contributed by atoms with E-state index in [9.17, 15) is 9.59 Å². The molecule has 1 N–H and O–H groups in total. The molecule has 122 valence electrons. The first-order valence-electron chi connectivity index (χ1n) is 8.02. The normalized spacial score (nSPS) is 16.7. The Morgan fingerprint density at radius 3 is 2.55 bits per heavy atom. The highest BCUT2D eigenvalue weighted by molar-refractivity contribution is 5.96. The number of nitrogens with one attached hydrogen (secondary N) is 1. The number of rotatable bonds is 6. The average Bonchev–Trinajstić information content (AvgIpc) is 3.18. The van der Waals surface area contributed by atoms with Gasteiger partial charge in [-0.15, -0.1) is 0 Å². The van der Waals surface area contributed by atoms with Crippen LogP contribution in [0, 0.1) is 0 Å². The minimum absolute atomic E-state index is 0.294. The second-order valence-electron chi connectivity index (χ2n) is 5.89. The molecule has 1 aromatic heterocycles. The summed E-state index contributed by atoms with van der Waals surface area (Å²) < 4.78 is 6.70. The molecule has 1 aromatic rings. The van der Waals surface area contributed by atoms with Crippen molar-refractivity contribution in [1.29, 1.82) is 0 Å². The zero-order chi connectivity index (χ0) is 16.2. The van der Waals surface area contributed by atoms with E-state index in [2.05, 4.69) is 24.3 Å². The highest BCUT2D eigenvalue weighted by atomic mass is 16.5. The Bertz CT molecular complexity index is 528. The number of ether oxygens (including phenoxy) is 1. The summed E-state index contributed by atoms with van der Waals surface area (Å²) in [6.07, 6.45) is 6.83. The Hall–Kier alpha value is -1.85. The van der Waals surface area contributed by atoms with Gasteiger partial charge in [0.25, 0.3) is 5.91 Å². The molecule has 22 heavy (non-hydrogen) atoms. The van der Waals surface area contributed by atoms with Crippen molar-refractivity contribution >= 4 is 11.9 Å². The van der Waals surface area contributed by atoms with E-state index in [1.165, 1.54) is 7.11 Å². The number of hydrogen-bond donors (Lipinski definition) is 1. The summed E-state index contributed by atoms with van der Waals surface area (Å²) in [4.78, 5) is 24.5. The van der Waals surface area contributed by atoms with Gasteiger partial charge in [0.15, 0.2) is 0 Å². The Balaban J connectivity index is 2.13. The Morgan fingerprint density at radius 1 is 1.36 bits per heavy atom. The van der Waals surface area contributed by atoms with Crippen molar-refractivity contribution in [2.45, 2.75) is 64.0 Å². The number of carbonyl (C=O) groups excluding carboxylic acids is 2. The van der Waals surface area contributed by atoms with Crippen LogP contribution in [0.15, 0.2) is 12.3 Å². The molecule has 0 atom stereocenters. The van der Waals surface area contributed by atoms with Gasteiger partial charge >= 0.3 is 5.97 Å². The van der Waals surface area contributed by atoms with Crippen LogP contribution in [0.3, 0.4) is 0 Å². The molecule has 1 heterocycles. The van der Waals surface area contributed by atoms with Crippen molar-refractivity contribution < 1.29 is 14.3 Å². The molecule has 0 aromatic carbocycles. The molecule has 0 saturated heterocycles. The monoisotopic (exact) mass is 307 g/mol. The molecule has 1 saturated carbocycles. The summed E-state index contributed by atoms with van der Waals surface area (Å²) >= 11 is 0. The van der Waals surface area contributed by atoms with E-state index in [0.717, 1.165) is 25.7 Å². The maximum atomic E-state index is 12.4. The summed E-state index contributed by atoms with van der Waals surface area (Å²) in [6.45, 7) is 4.20. The number of methoxy groups -OCH3 is 1. The first-order chi connectivity index (χ1) is 10.6. The van der Waals surface area contributed by atoms with Crippen LogP contribution in [0.5, 0.6) is 0 Å². The fourth-order valence-electron chi connectivity index (χ4n) is 3.16. The summed E-state index contributed by atoms with van der Waals surface area (Å²) in [5.74, 6) is -0.671. The lowest BCUT2D eigenvalue weighted by Gasteiger charge is -2.26. The summed E-state index contributed by atoms with van der Waals surface area (Å²) in [6, 6.07) is 2.00. The summed E-state index contributed by atoms with van der Waals surface area (Å²) in [7, 11) is 1.36. The van der Waals surface area contributed by atoms with Gasteiger partial charge in [-0.1, -0.05) is 26.7 Å². The quantitative estimate of drug-likeness (QED) is 0.819. The molecule has 0 radical (unpaired) electrons. The average molecular weight is 307 g/mol. The van der Waals surface area contributed by atoms with E-state index in [-0.39, 0.29) is 11.9 Å². The number of nitrogens with zero attached hydrogens (tertiary/aromatic N) is 2. The van der Waals surface area contributed by atoms with Crippen molar-refractivity contribution in [2.24, 2.45) is 0 Å². The third kappa shape index (κ3) is 3.15.